The molecular formula is C31H37N3O6Si. The fourth-order valence-corrected chi connectivity index (χ4v) is 6.03. The van der Waals surface area contributed by atoms with Gasteiger partial charge >= 0.3 is 0 Å². The Morgan fingerprint density at radius 2 is 1.76 bits per heavy atom. The highest BCUT2D eigenvalue weighted by atomic mass is 28.4. The average molecular weight is 576 g/mol. The van der Waals surface area contributed by atoms with E-state index >= 15 is 0 Å². The van der Waals surface area contributed by atoms with E-state index in [1.54, 1.807) is 18.2 Å². The number of benzene rings is 3. The molecule has 0 radical (unpaired) electrons. The fourth-order valence-electron chi connectivity index (χ4n) is 5.07. The van der Waals surface area contributed by atoms with Gasteiger partial charge in [-0.25, -0.2) is 0 Å². The van der Waals surface area contributed by atoms with Gasteiger partial charge in [-0.3, -0.25) is 14.9 Å². The number of fused-ring (bicyclic) bond motifs is 4. The molecule has 0 aromatic heterocycles. The third-order valence-corrected chi connectivity index (χ3v) is 12.9. The van der Waals surface area contributed by atoms with Crippen LogP contribution in [0.15, 0.2) is 54.6 Å². The lowest BCUT2D eigenvalue weighted by Crippen LogP contribution is -2.40. The lowest BCUT2D eigenvalue weighted by atomic mass is 10.1. The smallest absolute Gasteiger partial charge is 0.270 e. The molecule has 9 nitrogen and oxygen atoms in total. The zero-order chi connectivity index (χ0) is 29.5. The number of nitro groups is 1. The quantitative estimate of drug-likeness (QED) is 0.181. The molecule has 0 saturated heterocycles. The maximum atomic E-state index is 13.7. The number of carbonyl (C=O) groups excluding carboxylic acids is 1. The minimum absolute atomic E-state index is 0.0121. The Hall–Kier alpha value is -3.89. The highest BCUT2D eigenvalue weighted by molar-refractivity contribution is 6.74. The summed E-state index contributed by atoms with van der Waals surface area (Å²) in [7, 11) is -0.512. The molecule has 0 spiro atoms. The third kappa shape index (κ3) is 5.66. The molecule has 0 aliphatic carbocycles. The molecule has 0 unspecified atom stereocenters. The molecule has 1 atom stereocenters. The number of carbonyl (C=O) groups is 1. The number of ether oxygens (including phenoxy) is 2. The minimum Gasteiger partial charge on any atom is -0.493 e. The van der Waals surface area contributed by atoms with Crippen LogP contribution in [0.5, 0.6) is 11.5 Å². The Kier molecular flexibility index (Phi) is 7.56. The van der Waals surface area contributed by atoms with Crippen molar-refractivity contribution in [1.82, 2.24) is 0 Å². The Balaban J connectivity index is 1.38. The lowest BCUT2D eigenvalue weighted by Gasteiger charge is -2.36. The Morgan fingerprint density at radius 3 is 2.44 bits per heavy atom. The molecule has 3 aromatic carbocycles. The second kappa shape index (κ2) is 10.8. The molecule has 0 bridgehead atoms. The van der Waals surface area contributed by atoms with Gasteiger partial charge in [-0.1, -0.05) is 39.0 Å². The molecule has 0 fully saturated rings. The molecule has 0 saturated carbocycles. The molecular weight excluding hydrogens is 538 g/mol. The maximum Gasteiger partial charge on any atom is 0.270 e. The lowest BCUT2D eigenvalue weighted by molar-refractivity contribution is -0.385. The van der Waals surface area contributed by atoms with Crippen molar-refractivity contribution in [2.24, 2.45) is 0 Å². The van der Waals surface area contributed by atoms with Crippen LogP contribution in [0, 0.1) is 10.1 Å². The number of rotatable bonds is 8. The molecule has 41 heavy (non-hydrogen) atoms. The zero-order valence-electron chi connectivity index (χ0n) is 24.4. The first-order valence-electron chi connectivity index (χ1n) is 13.8. The topological polar surface area (TPSA) is 103 Å². The average Bonchev–Trinajstić information content (AvgIpc) is 3.25. The van der Waals surface area contributed by atoms with E-state index in [-0.39, 0.29) is 29.3 Å². The van der Waals surface area contributed by atoms with E-state index in [2.05, 4.69) is 45.2 Å². The van der Waals surface area contributed by atoms with Crippen molar-refractivity contribution >= 4 is 31.3 Å². The first-order valence-corrected chi connectivity index (χ1v) is 16.7. The van der Waals surface area contributed by atoms with Crippen LogP contribution in [0.2, 0.25) is 18.1 Å². The van der Waals surface area contributed by atoms with Crippen molar-refractivity contribution in [3.8, 4) is 11.5 Å². The van der Waals surface area contributed by atoms with Crippen molar-refractivity contribution in [3.05, 3.63) is 87.0 Å². The second-order valence-corrected chi connectivity index (χ2v) is 17.0. The van der Waals surface area contributed by atoms with E-state index < -0.39 is 13.2 Å². The van der Waals surface area contributed by atoms with Gasteiger partial charge in [-0.2, -0.15) is 0 Å². The Morgan fingerprint density at radius 1 is 1.05 bits per heavy atom. The number of hydrogen-bond donors (Lipinski definition) is 1. The number of non-ortho nitro benzene ring substituents is 1. The van der Waals surface area contributed by atoms with Crippen LogP contribution in [0.25, 0.3) is 0 Å². The molecule has 2 aliphatic heterocycles. The van der Waals surface area contributed by atoms with Gasteiger partial charge in [0.2, 0.25) is 0 Å². The van der Waals surface area contributed by atoms with Crippen molar-refractivity contribution in [2.75, 3.05) is 23.9 Å². The highest BCUT2D eigenvalue weighted by Crippen LogP contribution is 2.41. The van der Waals surface area contributed by atoms with E-state index in [9.17, 15) is 14.9 Å². The van der Waals surface area contributed by atoms with Crippen molar-refractivity contribution < 1.29 is 23.6 Å². The molecule has 2 heterocycles. The molecule has 1 amide bonds. The molecule has 3 aromatic rings. The van der Waals surface area contributed by atoms with Gasteiger partial charge < -0.3 is 24.1 Å². The van der Waals surface area contributed by atoms with E-state index in [1.165, 1.54) is 13.2 Å². The molecule has 10 heteroatoms. The monoisotopic (exact) mass is 575 g/mol. The number of amides is 1. The van der Waals surface area contributed by atoms with Crippen LogP contribution in [0.1, 0.15) is 47.8 Å². The first-order chi connectivity index (χ1) is 19.4. The summed E-state index contributed by atoms with van der Waals surface area (Å²) < 4.78 is 18.1. The van der Waals surface area contributed by atoms with Crippen LogP contribution in [0.4, 0.5) is 17.1 Å². The van der Waals surface area contributed by atoms with Gasteiger partial charge in [0.05, 0.1) is 35.9 Å². The van der Waals surface area contributed by atoms with Gasteiger partial charge in [0.1, 0.15) is 6.61 Å². The summed E-state index contributed by atoms with van der Waals surface area (Å²) in [5.41, 5.74) is 4.64. The summed E-state index contributed by atoms with van der Waals surface area (Å²) in [6.07, 6.45) is 0.789. The Labute approximate surface area is 241 Å². The summed E-state index contributed by atoms with van der Waals surface area (Å²) in [5.74, 6) is 0.770. The predicted molar refractivity (Wildman–Crippen MR) is 162 cm³/mol. The van der Waals surface area contributed by atoms with E-state index in [4.69, 9.17) is 13.9 Å². The van der Waals surface area contributed by atoms with Crippen LogP contribution in [-0.4, -0.2) is 38.8 Å². The highest BCUT2D eigenvalue weighted by Gasteiger charge is 2.38. The van der Waals surface area contributed by atoms with Crippen LogP contribution >= 0.6 is 0 Å². The van der Waals surface area contributed by atoms with Gasteiger partial charge in [0.25, 0.3) is 11.6 Å². The van der Waals surface area contributed by atoms with Crippen LogP contribution in [-0.2, 0) is 24.1 Å². The van der Waals surface area contributed by atoms with E-state index in [1.807, 2.05) is 29.2 Å². The second-order valence-electron chi connectivity index (χ2n) is 12.2. The largest absolute Gasteiger partial charge is 0.493 e. The standard InChI is InChI=1S/C31H37N3O6Si/c1-31(2,3)41(5,6)40-19-21-11-20(12-23(13-21)34(36)37)18-39-29-16-26-25(15-28(29)38-4)30(35)33-24(17-32-26)14-22-9-7-8-10-27(22)33/h7-13,15-16,24,32H,14,17-19H2,1-6H3/t24-/m0/s1. The summed E-state index contributed by atoms with van der Waals surface area (Å²) in [5, 5.41) is 15.1. The SMILES string of the molecule is COc1cc2c(cc1OCc1cc(CO[Si](C)(C)C(C)(C)C)cc([N+](=O)[O-])c1)NC[C@@H]1Cc3ccccc3N1C2=O. The van der Waals surface area contributed by atoms with Crippen molar-refractivity contribution in [1.29, 1.82) is 0 Å². The van der Waals surface area contributed by atoms with E-state index in [0.717, 1.165) is 23.2 Å². The van der Waals surface area contributed by atoms with Crippen molar-refractivity contribution in [2.45, 2.75) is 64.6 Å². The normalized spacial score (nSPS) is 16.3. The molecule has 1 N–H and O–H groups in total. The maximum absolute atomic E-state index is 13.7. The number of anilines is 2. The molecule has 216 valence electrons. The third-order valence-electron chi connectivity index (χ3n) is 8.40. The predicted octanol–water partition coefficient (Wildman–Crippen LogP) is 6.70. The summed E-state index contributed by atoms with van der Waals surface area (Å²) in [6, 6.07) is 16.4. The van der Waals surface area contributed by atoms with Crippen LogP contribution < -0.4 is 19.7 Å². The number of nitrogens with one attached hydrogen (secondary N) is 1. The van der Waals surface area contributed by atoms with Gasteiger partial charge in [-0.05, 0) is 59.4 Å². The summed E-state index contributed by atoms with van der Waals surface area (Å²) >= 11 is 0. The summed E-state index contributed by atoms with van der Waals surface area (Å²) in [4.78, 5) is 26.8. The minimum atomic E-state index is -2.04. The van der Waals surface area contributed by atoms with Gasteiger partial charge in [-0.15, -0.1) is 0 Å². The Bertz CT molecular complexity index is 1500. The molecule has 2 aliphatic rings. The number of methoxy groups -OCH3 is 1. The van der Waals surface area contributed by atoms with Crippen molar-refractivity contribution in [3.63, 3.8) is 0 Å². The van der Waals surface area contributed by atoms with E-state index in [0.29, 0.717) is 41.5 Å². The summed E-state index contributed by atoms with van der Waals surface area (Å²) in [6.45, 7) is 11.8. The number of nitro benzene ring substituents is 1. The first kappa shape index (κ1) is 28.6. The van der Waals surface area contributed by atoms with Gasteiger partial charge in [0.15, 0.2) is 19.8 Å². The van der Waals surface area contributed by atoms with Crippen LogP contribution in [0.3, 0.4) is 0 Å². The number of para-hydroxylation sites is 1. The van der Waals surface area contributed by atoms with Gasteiger partial charge in [0, 0.05) is 30.4 Å². The molecule has 5 rings (SSSR count). The zero-order valence-corrected chi connectivity index (χ0v) is 25.4. The fraction of sp³-hybridized carbons (Fsp3) is 0.387. The number of nitrogens with zero attached hydrogens (tertiary/aromatic N) is 2. The number of hydrogen-bond acceptors (Lipinski definition) is 7.